The van der Waals surface area contributed by atoms with Crippen LogP contribution in [0.2, 0.25) is 0 Å². The largest absolute Gasteiger partial charge is 0.457 e. The summed E-state index contributed by atoms with van der Waals surface area (Å²) in [6.07, 6.45) is 0. The van der Waals surface area contributed by atoms with Gasteiger partial charge in [-0.1, -0.05) is 24.3 Å². The van der Waals surface area contributed by atoms with Gasteiger partial charge in [-0.25, -0.2) is 0 Å². The summed E-state index contributed by atoms with van der Waals surface area (Å²) < 4.78 is 17.1. The van der Waals surface area contributed by atoms with Crippen molar-refractivity contribution in [1.29, 1.82) is 10.8 Å². The van der Waals surface area contributed by atoms with Crippen LogP contribution < -0.4 is 4.74 Å². The molecule has 2 aromatic heterocycles. The Labute approximate surface area is 272 Å². The van der Waals surface area contributed by atoms with Crippen LogP contribution in [0, 0.1) is 10.8 Å². The number of nitrogens with zero attached hydrogens (tertiary/aromatic N) is 2. The first-order valence-electron chi connectivity index (χ1n) is 16.0. The van der Waals surface area contributed by atoms with Crippen LogP contribution in [0.1, 0.15) is 11.1 Å². The molecule has 2 aliphatic heterocycles. The summed E-state index contributed by atoms with van der Waals surface area (Å²) in [6.45, 7) is 5.66. The summed E-state index contributed by atoms with van der Waals surface area (Å²) in [5.41, 5.74) is 8.01. The molecule has 2 saturated heterocycles. The highest BCUT2D eigenvalue weighted by molar-refractivity contribution is 6.01. The van der Waals surface area contributed by atoms with Gasteiger partial charge in [-0.15, -0.1) is 0 Å². The number of benzene rings is 4. The monoisotopic (exact) mass is 624 g/mol. The number of fused-ring (bicyclic) bond motifs is 2. The minimum atomic E-state index is 0.540. The van der Waals surface area contributed by atoms with Crippen LogP contribution in [0.4, 0.5) is 0 Å². The van der Waals surface area contributed by atoms with Gasteiger partial charge in [0.05, 0.1) is 26.4 Å². The van der Waals surface area contributed by atoms with E-state index in [1.54, 1.807) is 0 Å². The smallest absolute Gasteiger partial charge is 0.128 e. The fraction of sp³-hybridized carbons (Fsp3) is 0.211. The zero-order valence-corrected chi connectivity index (χ0v) is 26.0. The number of hydrogen-bond acceptors (Lipinski definition) is 5. The van der Waals surface area contributed by atoms with E-state index in [1.807, 2.05) is 36.4 Å². The first-order chi connectivity index (χ1) is 23.1. The molecule has 2 aliphatic rings. The summed E-state index contributed by atoms with van der Waals surface area (Å²) in [5, 5.41) is 19.5. The Morgan fingerprint density at radius 3 is 1.34 bits per heavy atom. The van der Waals surface area contributed by atoms with Crippen LogP contribution in [-0.2, 0) is 9.47 Å². The number of nitrogens with one attached hydrogen (secondary N) is 4. The second-order valence-electron chi connectivity index (χ2n) is 12.0. The van der Waals surface area contributed by atoms with E-state index in [0.717, 1.165) is 93.1 Å². The highest BCUT2D eigenvalue weighted by Gasteiger charge is 2.18. The van der Waals surface area contributed by atoms with Gasteiger partial charge in [-0.3, -0.25) is 10.8 Å². The number of rotatable bonds is 6. The third-order valence-corrected chi connectivity index (χ3v) is 9.01. The van der Waals surface area contributed by atoms with E-state index in [1.165, 1.54) is 0 Å². The van der Waals surface area contributed by atoms with Crippen LogP contribution >= 0.6 is 0 Å². The zero-order valence-electron chi connectivity index (χ0n) is 26.0. The molecule has 0 amide bonds. The van der Waals surface area contributed by atoms with E-state index in [0.29, 0.717) is 38.1 Å². The molecule has 2 fully saturated rings. The third kappa shape index (κ3) is 5.98. The van der Waals surface area contributed by atoms with Gasteiger partial charge in [0.25, 0.3) is 0 Å². The maximum atomic E-state index is 8.64. The van der Waals surface area contributed by atoms with Crippen molar-refractivity contribution in [2.45, 2.75) is 0 Å². The van der Waals surface area contributed by atoms with E-state index in [2.05, 4.69) is 80.4 Å². The van der Waals surface area contributed by atoms with Gasteiger partial charge in [0.2, 0.25) is 0 Å². The number of H-pyrrole nitrogens is 2. The van der Waals surface area contributed by atoms with Crippen molar-refractivity contribution in [3.8, 4) is 34.0 Å². The molecule has 47 heavy (non-hydrogen) atoms. The Hall–Kier alpha value is -5.38. The summed E-state index contributed by atoms with van der Waals surface area (Å²) in [5.74, 6) is 2.61. The van der Waals surface area contributed by atoms with Crippen molar-refractivity contribution in [3.05, 3.63) is 108 Å². The Bertz CT molecular complexity index is 1920. The van der Waals surface area contributed by atoms with Crippen molar-refractivity contribution in [2.24, 2.45) is 0 Å². The molecular weight excluding hydrogens is 588 g/mol. The zero-order chi connectivity index (χ0) is 31.7. The quantitative estimate of drug-likeness (QED) is 0.117. The summed E-state index contributed by atoms with van der Waals surface area (Å²) in [6, 6.07) is 32.8. The van der Waals surface area contributed by atoms with E-state index in [9.17, 15) is 0 Å². The molecule has 0 atom stereocenters. The lowest BCUT2D eigenvalue weighted by molar-refractivity contribution is 0.0679. The van der Waals surface area contributed by atoms with Crippen molar-refractivity contribution < 1.29 is 14.2 Å². The first kappa shape index (κ1) is 29.1. The summed E-state index contributed by atoms with van der Waals surface area (Å²) in [4.78, 5) is 11.2. The Morgan fingerprint density at radius 1 is 0.532 bits per heavy atom. The molecule has 0 aliphatic carbocycles. The van der Waals surface area contributed by atoms with E-state index in [4.69, 9.17) is 25.0 Å². The SMILES string of the molecule is N=C(c1ccc2cc(-c3ccc(Oc4ccc(-c5cc6ccc(C(=N)N7CCOCC7)cc6[nH]5)cc4)cc3)[nH]c2c1)N1CCOCC1. The molecule has 0 bridgehead atoms. The topological polar surface area (TPSA) is 113 Å². The molecule has 0 spiro atoms. The number of amidine groups is 2. The Balaban J connectivity index is 0.932. The molecule has 9 nitrogen and oxygen atoms in total. The molecular formula is C38H36N6O3. The lowest BCUT2D eigenvalue weighted by atomic mass is 10.1. The van der Waals surface area contributed by atoms with Gasteiger partial charge >= 0.3 is 0 Å². The summed E-state index contributed by atoms with van der Waals surface area (Å²) in [7, 11) is 0. The maximum Gasteiger partial charge on any atom is 0.128 e. The van der Waals surface area contributed by atoms with E-state index in [-0.39, 0.29) is 0 Å². The van der Waals surface area contributed by atoms with E-state index < -0.39 is 0 Å². The van der Waals surface area contributed by atoms with Crippen LogP contribution in [0.25, 0.3) is 44.3 Å². The Morgan fingerprint density at radius 2 is 0.936 bits per heavy atom. The molecule has 6 aromatic rings. The predicted octanol–water partition coefficient (Wildman–Crippen LogP) is 7.09. The average Bonchev–Trinajstić information content (AvgIpc) is 3.76. The van der Waals surface area contributed by atoms with Crippen LogP contribution in [-0.4, -0.2) is 84.0 Å². The number of aromatic nitrogens is 2. The summed E-state index contributed by atoms with van der Waals surface area (Å²) >= 11 is 0. The van der Waals surface area contributed by atoms with Crippen molar-refractivity contribution in [3.63, 3.8) is 0 Å². The predicted molar refractivity (Wildman–Crippen MR) is 186 cm³/mol. The number of hydrogen-bond donors (Lipinski definition) is 4. The second-order valence-corrected chi connectivity index (χ2v) is 12.0. The molecule has 4 N–H and O–H groups in total. The minimum Gasteiger partial charge on any atom is -0.457 e. The fourth-order valence-corrected chi connectivity index (χ4v) is 6.34. The Kier molecular flexibility index (Phi) is 7.68. The van der Waals surface area contributed by atoms with Crippen LogP contribution in [0.5, 0.6) is 11.5 Å². The van der Waals surface area contributed by atoms with Gasteiger partial charge in [0, 0.05) is 70.5 Å². The standard InChI is InChI=1S/C38H36N6O3/c39-37(43-13-17-45-18-14-43)29-3-1-27-21-33(41-35(27)23-29)25-5-9-31(10-6-25)47-32-11-7-26(8-12-32)34-22-28-2-4-30(24-36(28)42-34)38(40)44-15-19-46-20-16-44/h1-12,21-24,39-42H,13-20H2. The van der Waals surface area contributed by atoms with Gasteiger partial charge < -0.3 is 34.0 Å². The molecule has 0 unspecified atom stereocenters. The van der Waals surface area contributed by atoms with Crippen molar-refractivity contribution in [1.82, 2.24) is 19.8 Å². The molecule has 8 rings (SSSR count). The number of aromatic amines is 2. The van der Waals surface area contributed by atoms with Crippen LogP contribution in [0.3, 0.4) is 0 Å². The number of ether oxygens (including phenoxy) is 3. The molecule has 236 valence electrons. The average molecular weight is 625 g/mol. The first-order valence-corrected chi connectivity index (χ1v) is 16.0. The highest BCUT2D eigenvalue weighted by atomic mass is 16.5. The molecule has 4 heterocycles. The highest BCUT2D eigenvalue weighted by Crippen LogP contribution is 2.31. The third-order valence-electron chi connectivity index (χ3n) is 9.01. The normalized spacial score (nSPS) is 15.3. The van der Waals surface area contributed by atoms with Gasteiger partial charge in [-0.2, -0.15) is 0 Å². The van der Waals surface area contributed by atoms with Gasteiger partial charge in [0.1, 0.15) is 23.2 Å². The van der Waals surface area contributed by atoms with Crippen molar-refractivity contribution in [2.75, 3.05) is 52.6 Å². The van der Waals surface area contributed by atoms with Gasteiger partial charge in [-0.05, 0) is 83.9 Å². The lowest BCUT2D eigenvalue weighted by Gasteiger charge is -2.29. The van der Waals surface area contributed by atoms with Crippen molar-refractivity contribution >= 4 is 33.5 Å². The minimum absolute atomic E-state index is 0.540. The van der Waals surface area contributed by atoms with Crippen LogP contribution in [0.15, 0.2) is 97.1 Å². The molecule has 0 radical (unpaired) electrons. The fourth-order valence-electron chi connectivity index (χ4n) is 6.34. The number of morpholine rings is 2. The lowest BCUT2D eigenvalue weighted by Crippen LogP contribution is -2.40. The second kappa shape index (κ2) is 12.4. The molecule has 9 heteroatoms. The molecule has 0 saturated carbocycles. The van der Waals surface area contributed by atoms with Gasteiger partial charge in [0.15, 0.2) is 0 Å². The molecule has 4 aromatic carbocycles. The van der Waals surface area contributed by atoms with E-state index >= 15 is 0 Å². The maximum absolute atomic E-state index is 8.64.